The zero-order chi connectivity index (χ0) is 35.1. The number of alkyl halides is 6. The molecule has 2 amide bonds. The predicted molar refractivity (Wildman–Crippen MR) is 172 cm³/mol. The van der Waals surface area contributed by atoms with Crippen LogP contribution < -0.4 is 16.7 Å². The van der Waals surface area contributed by atoms with Gasteiger partial charge in [0.15, 0.2) is 0 Å². The van der Waals surface area contributed by atoms with Crippen molar-refractivity contribution in [2.45, 2.75) is 50.6 Å². The normalized spacial score (nSPS) is 18.6. The highest BCUT2D eigenvalue weighted by molar-refractivity contribution is 14.1. The lowest BCUT2D eigenvalue weighted by molar-refractivity contribution is -0.143. The molecule has 0 saturated heterocycles. The lowest BCUT2D eigenvalue weighted by atomic mass is 9.65. The number of amides is 2. The van der Waals surface area contributed by atoms with Gasteiger partial charge < -0.3 is 11.1 Å². The molecule has 0 bridgehead atoms. The zero-order valence-electron chi connectivity index (χ0n) is 25.3. The van der Waals surface area contributed by atoms with Crippen molar-refractivity contribution < 1.29 is 35.9 Å². The fraction of sp³-hybridized carbons (Fsp3) is 0.367. The standard InChI is InChI=1S/C30H29F6IN6O3S/c1-16-10-17(14-42-26(46)43(41-40-42)20-12-18(29(31,32)33)11-19(13-20)30(34,35)36)7-8-21(16)28(25(38)45)9-5-6-22(37)23(28)24(44)39-27(2,3)15-47-4/h5-13,23H,14-15H2,1-4H3,(H2,38,45)(H,39,44). The second kappa shape index (κ2) is 13.1. The van der Waals surface area contributed by atoms with Crippen molar-refractivity contribution in [2.75, 3.05) is 12.0 Å². The number of aromatic nitrogens is 4. The Balaban J connectivity index is 1.71. The summed E-state index contributed by atoms with van der Waals surface area (Å²) in [5, 5.41) is 10.2. The molecule has 0 spiro atoms. The van der Waals surface area contributed by atoms with Gasteiger partial charge in [-0.3, -0.25) is 9.59 Å². The first kappa shape index (κ1) is 36.2. The number of carbonyl (C=O) groups is 2. The van der Waals surface area contributed by atoms with Crippen molar-refractivity contribution in [3.05, 3.63) is 96.5 Å². The monoisotopic (exact) mass is 794 g/mol. The highest BCUT2D eigenvalue weighted by Crippen LogP contribution is 2.45. The summed E-state index contributed by atoms with van der Waals surface area (Å²) < 4.78 is 81.9. The van der Waals surface area contributed by atoms with E-state index < -0.39 is 63.5 Å². The van der Waals surface area contributed by atoms with E-state index in [0.717, 1.165) is 4.68 Å². The van der Waals surface area contributed by atoms with Crippen molar-refractivity contribution in [1.29, 1.82) is 0 Å². The largest absolute Gasteiger partial charge is 0.416 e. The highest BCUT2D eigenvalue weighted by atomic mass is 127. The number of aryl methyl sites for hydroxylation is 1. The lowest BCUT2D eigenvalue weighted by Gasteiger charge is -2.40. The average Bonchev–Trinajstić information content (AvgIpc) is 3.30. The first-order chi connectivity index (χ1) is 21.7. The SMILES string of the molecule is CSCC(C)(C)NC(=O)C1C(I)=CC=CC1(C(N)=O)c1ccc(Cn2nnn(-c3cc(C(F)(F)F)cc(C(F)(F)F)c3)c2=O)cc1C. The van der Waals surface area contributed by atoms with Gasteiger partial charge in [0.1, 0.15) is 5.41 Å². The van der Waals surface area contributed by atoms with Crippen LogP contribution in [-0.2, 0) is 33.9 Å². The van der Waals surface area contributed by atoms with Crippen LogP contribution in [0, 0.1) is 12.8 Å². The van der Waals surface area contributed by atoms with Gasteiger partial charge in [0.2, 0.25) is 11.8 Å². The van der Waals surface area contributed by atoms with Crippen LogP contribution in [-0.4, -0.2) is 49.2 Å². The van der Waals surface area contributed by atoms with Crippen LogP contribution in [0.5, 0.6) is 0 Å². The van der Waals surface area contributed by atoms with Crippen molar-refractivity contribution in [3.63, 3.8) is 0 Å². The maximum atomic E-state index is 13.7. The summed E-state index contributed by atoms with van der Waals surface area (Å²) in [5.74, 6) is -1.55. The maximum Gasteiger partial charge on any atom is 0.416 e. The molecule has 0 fully saturated rings. The molecule has 4 rings (SSSR count). The van der Waals surface area contributed by atoms with Gasteiger partial charge in [0.05, 0.1) is 29.3 Å². The molecule has 47 heavy (non-hydrogen) atoms. The number of primary amides is 1. The number of nitrogens with zero attached hydrogens (tertiary/aromatic N) is 4. The van der Waals surface area contributed by atoms with Crippen LogP contribution in [0.2, 0.25) is 0 Å². The highest BCUT2D eigenvalue weighted by Gasteiger charge is 2.51. The molecular weight excluding hydrogens is 765 g/mol. The minimum Gasteiger partial charge on any atom is -0.369 e. The summed E-state index contributed by atoms with van der Waals surface area (Å²) in [6, 6.07) is 5.44. The van der Waals surface area contributed by atoms with Crippen LogP contribution >= 0.6 is 34.4 Å². The molecule has 0 aliphatic heterocycles. The van der Waals surface area contributed by atoms with E-state index in [0.29, 0.717) is 42.8 Å². The molecule has 2 unspecified atom stereocenters. The first-order valence-electron chi connectivity index (χ1n) is 13.8. The first-order valence-corrected chi connectivity index (χ1v) is 16.3. The Morgan fingerprint density at radius 3 is 2.19 bits per heavy atom. The van der Waals surface area contributed by atoms with Gasteiger partial charge in [0.25, 0.3) is 0 Å². The zero-order valence-corrected chi connectivity index (χ0v) is 28.3. The van der Waals surface area contributed by atoms with Crippen molar-refractivity contribution in [3.8, 4) is 5.69 Å². The smallest absolute Gasteiger partial charge is 0.369 e. The number of benzene rings is 2. The van der Waals surface area contributed by atoms with Gasteiger partial charge in [-0.05, 0) is 94.9 Å². The number of nitrogens with two attached hydrogens (primary N) is 1. The van der Waals surface area contributed by atoms with E-state index in [9.17, 15) is 40.7 Å². The Kier molecular flexibility index (Phi) is 10.1. The summed E-state index contributed by atoms with van der Waals surface area (Å²) in [7, 11) is 0. The number of thioether (sulfide) groups is 1. The maximum absolute atomic E-state index is 13.7. The van der Waals surface area contributed by atoms with E-state index in [4.69, 9.17) is 5.73 Å². The third-order valence-corrected chi connectivity index (χ3v) is 9.50. The summed E-state index contributed by atoms with van der Waals surface area (Å²) in [5.41, 5.74) is 0.149. The number of tetrazole rings is 1. The average molecular weight is 795 g/mol. The molecule has 1 aliphatic carbocycles. The molecule has 2 aromatic carbocycles. The second-order valence-electron chi connectivity index (χ2n) is 11.6. The predicted octanol–water partition coefficient (Wildman–Crippen LogP) is 5.31. The van der Waals surface area contributed by atoms with Gasteiger partial charge in [-0.15, -0.1) is 0 Å². The number of hydrogen-bond donors (Lipinski definition) is 2. The lowest BCUT2D eigenvalue weighted by Crippen LogP contribution is -2.56. The summed E-state index contributed by atoms with van der Waals surface area (Å²) in [6.07, 6.45) is -3.40. The Morgan fingerprint density at radius 1 is 1.04 bits per heavy atom. The number of rotatable bonds is 9. The Labute approximate surface area is 282 Å². The molecule has 252 valence electrons. The minimum atomic E-state index is -5.12. The van der Waals surface area contributed by atoms with E-state index in [-0.39, 0.29) is 12.6 Å². The summed E-state index contributed by atoms with van der Waals surface area (Å²) in [4.78, 5) is 40.1. The molecule has 17 heteroatoms. The molecule has 2 atom stereocenters. The molecule has 3 N–H and O–H groups in total. The van der Waals surface area contributed by atoms with Crippen LogP contribution in [0.3, 0.4) is 0 Å². The van der Waals surface area contributed by atoms with Crippen LogP contribution in [0.25, 0.3) is 5.69 Å². The molecule has 9 nitrogen and oxygen atoms in total. The number of nitrogens with one attached hydrogen (secondary N) is 1. The van der Waals surface area contributed by atoms with E-state index in [2.05, 4.69) is 15.7 Å². The third-order valence-electron chi connectivity index (χ3n) is 7.51. The Hall–Kier alpha value is -3.61. The molecule has 0 radical (unpaired) electrons. The van der Waals surface area contributed by atoms with Gasteiger partial charge in [-0.25, -0.2) is 4.79 Å². The topological polar surface area (TPSA) is 125 Å². The molecule has 1 aromatic heterocycles. The van der Waals surface area contributed by atoms with Gasteiger partial charge in [-0.2, -0.15) is 47.5 Å². The van der Waals surface area contributed by atoms with Crippen LogP contribution in [0.15, 0.2) is 63.0 Å². The fourth-order valence-corrected chi connectivity index (χ4v) is 7.27. The fourth-order valence-electron chi connectivity index (χ4n) is 5.50. The van der Waals surface area contributed by atoms with Crippen LogP contribution in [0.4, 0.5) is 26.3 Å². The van der Waals surface area contributed by atoms with Crippen LogP contribution in [0.1, 0.15) is 41.7 Å². The van der Waals surface area contributed by atoms with E-state index >= 15 is 0 Å². The number of allylic oxidation sites excluding steroid dienone is 2. The minimum absolute atomic E-state index is 0.0558. The molecule has 1 heterocycles. The van der Waals surface area contributed by atoms with Crippen molar-refractivity contribution >= 4 is 46.2 Å². The molecular formula is C30H29F6IN6O3S. The summed E-state index contributed by atoms with van der Waals surface area (Å²) >= 11 is 3.55. The van der Waals surface area contributed by atoms with Crippen molar-refractivity contribution in [2.24, 2.45) is 11.7 Å². The Bertz CT molecular complexity index is 1800. The Morgan fingerprint density at radius 2 is 1.66 bits per heavy atom. The van der Waals surface area contributed by atoms with Crippen molar-refractivity contribution in [1.82, 2.24) is 25.1 Å². The second-order valence-corrected chi connectivity index (χ2v) is 13.7. The number of carbonyl (C=O) groups excluding carboxylic acids is 2. The van der Waals surface area contributed by atoms with E-state index in [1.165, 1.54) is 0 Å². The number of hydrogen-bond acceptors (Lipinski definition) is 6. The van der Waals surface area contributed by atoms with Gasteiger partial charge in [-0.1, -0.05) is 36.4 Å². The van der Waals surface area contributed by atoms with E-state index in [1.807, 2.05) is 42.7 Å². The molecule has 0 saturated carbocycles. The molecule has 3 aromatic rings. The number of halogens is 7. The van der Waals surface area contributed by atoms with Gasteiger partial charge >= 0.3 is 18.0 Å². The van der Waals surface area contributed by atoms with Gasteiger partial charge in [0, 0.05) is 14.9 Å². The third kappa shape index (κ3) is 7.44. The quantitative estimate of drug-likeness (QED) is 0.224. The van der Waals surface area contributed by atoms with E-state index in [1.54, 1.807) is 55.1 Å². The molecule has 1 aliphatic rings. The summed E-state index contributed by atoms with van der Waals surface area (Å²) in [6.45, 7) is 5.14.